The van der Waals surface area contributed by atoms with Crippen LogP contribution in [-0.4, -0.2) is 15.9 Å². The second-order valence-corrected chi connectivity index (χ2v) is 27.4. The molecule has 0 amide bonds. The highest BCUT2D eigenvalue weighted by molar-refractivity contribution is 6.29. The first kappa shape index (κ1) is 54.5. The van der Waals surface area contributed by atoms with Crippen LogP contribution in [0.25, 0.3) is 164 Å². The Labute approximate surface area is 536 Å². The van der Waals surface area contributed by atoms with Gasteiger partial charge in [0.05, 0.1) is 40.2 Å². The van der Waals surface area contributed by atoms with Gasteiger partial charge < -0.3 is 13.5 Å². The van der Waals surface area contributed by atoms with Crippen molar-refractivity contribution in [2.75, 3.05) is 7.11 Å². The molecule has 0 fully saturated rings. The molecule has 442 valence electrons. The molecule has 18 rings (SSSR count). The summed E-state index contributed by atoms with van der Waals surface area (Å²) < 4.78 is 10.7. The minimum atomic E-state index is 0.381. The molecule has 2 atom stereocenters. The summed E-state index contributed by atoms with van der Waals surface area (Å²) in [7, 11) is 1.74. The average molecular weight is 1180 g/mol. The van der Waals surface area contributed by atoms with Gasteiger partial charge in [-0.2, -0.15) is 0 Å². The third kappa shape index (κ3) is 8.62. The van der Waals surface area contributed by atoms with E-state index in [2.05, 4.69) is 299 Å². The molecule has 0 saturated carbocycles. The molecule has 0 aliphatic carbocycles. The van der Waals surface area contributed by atoms with E-state index in [1.54, 1.807) is 7.11 Å². The van der Waals surface area contributed by atoms with Crippen LogP contribution >= 0.6 is 0 Å². The lowest BCUT2D eigenvalue weighted by atomic mass is 9.87. The molecule has 0 aliphatic heterocycles. The lowest BCUT2D eigenvalue weighted by Gasteiger charge is -2.17. The summed E-state index contributed by atoms with van der Waals surface area (Å²) in [5.41, 5.74) is 22.9. The molecule has 2 unspecified atom stereocenters. The molecule has 4 heterocycles. The van der Waals surface area contributed by atoms with Gasteiger partial charge in [0.2, 0.25) is 0 Å². The SMILES string of the molecule is COc1ccc(-c2cc3c4cc5cc(C(C)C)ccc5cc4n4c5cc6ccc(C(C)CCC(C)c7ccc8cc9c(cc8c7)c7cc(-c8cc(-c%10ccccc%10)cc(-c%10ccccc%10)c8)cc8c%10cc%11cc(C(C)C)ccc%11cc%10n9c87)cc6cc5c(c2)c34)cc1. The van der Waals surface area contributed by atoms with Crippen molar-refractivity contribution in [2.24, 2.45) is 0 Å². The fourth-order valence-electron chi connectivity index (χ4n) is 15.8. The van der Waals surface area contributed by atoms with Gasteiger partial charge in [0.25, 0.3) is 0 Å². The van der Waals surface area contributed by atoms with Crippen molar-refractivity contribution in [3.63, 3.8) is 0 Å². The Bertz CT molecular complexity index is 5950. The molecule has 4 aromatic heterocycles. The van der Waals surface area contributed by atoms with E-state index in [0.717, 1.165) is 18.6 Å². The largest absolute Gasteiger partial charge is 0.497 e. The summed E-state index contributed by atoms with van der Waals surface area (Å²) in [6.45, 7) is 14.0. The highest BCUT2D eigenvalue weighted by Crippen LogP contribution is 2.48. The summed E-state index contributed by atoms with van der Waals surface area (Å²) >= 11 is 0. The lowest BCUT2D eigenvalue weighted by molar-refractivity contribution is 0.415. The van der Waals surface area contributed by atoms with Gasteiger partial charge in [0.1, 0.15) is 5.75 Å². The van der Waals surface area contributed by atoms with Crippen molar-refractivity contribution < 1.29 is 4.74 Å². The van der Waals surface area contributed by atoms with Gasteiger partial charge in [-0.05, 0) is 249 Å². The van der Waals surface area contributed by atoms with Crippen LogP contribution in [0, 0.1) is 0 Å². The van der Waals surface area contributed by atoms with Crippen molar-refractivity contribution in [1.82, 2.24) is 8.80 Å². The van der Waals surface area contributed by atoms with Crippen LogP contribution in [0.5, 0.6) is 5.75 Å². The standard InChI is InChI=1S/C89H70N2O/c1-51(2)58-20-24-62-47-84-76(39-69(62)32-58)80-43-73(57-28-30-75(92-7)31-29-57)44-81-78-41-71-34-60(22-26-64(71)49-86(78)90(84)88(80)81)53(5)18-19-54(6)61-23-27-65-50-87-79(42-72(65)35-61)83-46-74(68-37-66(55-14-10-8-11-15-55)36-67(38-68)56-16-12-9-13-17-56)45-82-77-40-70-33-59(52(3)4)21-25-63(70)48-85(77)91(87)89(82)83/h8-17,20-54H,18-19H2,1-7H3. The number of methoxy groups -OCH3 is 1. The van der Waals surface area contributed by atoms with Gasteiger partial charge in [0.15, 0.2) is 0 Å². The van der Waals surface area contributed by atoms with Crippen molar-refractivity contribution in [1.29, 1.82) is 0 Å². The van der Waals surface area contributed by atoms with Crippen LogP contribution in [0.2, 0.25) is 0 Å². The molecule has 0 radical (unpaired) electrons. The van der Waals surface area contributed by atoms with Crippen LogP contribution in [0.4, 0.5) is 0 Å². The van der Waals surface area contributed by atoms with Gasteiger partial charge in [-0.3, -0.25) is 0 Å². The van der Waals surface area contributed by atoms with Crippen LogP contribution in [0.15, 0.2) is 249 Å². The first-order valence-corrected chi connectivity index (χ1v) is 33.1. The molecule has 0 bridgehead atoms. The second kappa shape index (κ2) is 20.8. The minimum absolute atomic E-state index is 0.381. The molecule has 14 aromatic carbocycles. The summed E-state index contributed by atoms with van der Waals surface area (Å²) in [5.74, 6) is 2.55. The molecule has 18 aromatic rings. The van der Waals surface area contributed by atoms with Gasteiger partial charge >= 0.3 is 0 Å². The Morgan fingerprint density at radius 1 is 0.261 bits per heavy atom. The van der Waals surface area contributed by atoms with Crippen LogP contribution in [0.1, 0.15) is 100 Å². The van der Waals surface area contributed by atoms with Crippen molar-refractivity contribution >= 4 is 119 Å². The van der Waals surface area contributed by atoms with E-state index in [4.69, 9.17) is 4.74 Å². The van der Waals surface area contributed by atoms with E-state index in [-0.39, 0.29) is 0 Å². The number of benzene rings is 14. The summed E-state index contributed by atoms with van der Waals surface area (Å²) in [6.07, 6.45) is 2.18. The Balaban J connectivity index is 0.707. The molecular formula is C89H70N2O. The number of rotatable bonds is 12. The zero-order valence-electron chi connectivity index (χ0n) is 53.2. The smallest absolute Gasteiger partial charge is 0.118 e. The van der Waals surface area contributed by atoms with Crippen molar-refractivity contribution in [3.05, 3.63) is 271 Å². The zero-order chi connectivity index (χ0) is 61.8. The van der Waals surface area contributed by atoms with Gasteiger partial charge in [0, 0.05) is 43.1 Å². The van der Waals surface area contributed by atoms with Crippen LogP contribution in [0.3, 0.4) is 0 Å². The average Bonchev–Trinajstić information content (AvgIpc) is 1.54. The molecule has 0 saturated heterocycles. The number of hydrogen-bond acceptors (Lipinski definition) is 1. The maximum Gasteiger partial charge on any atom is 0.118 e. The molecular weight excluding hydrogens is 1110 g/mol. The Morgan fingerprint density at radius 2 is 0.565 bits per heavy atom. The summed E-state index contributed by atoms with van der Waals surface area (Å²) in [5, 5.41) is 20.6. The van der Waals surface area contributed by atoms with Crippen molar-refractivity contribution in [2.45, 2.75) is 78.1 Å². The summed E-state index contributed by atoms with van der Waals surface area (Å²) in [6, 6.07) is 95.5. The molecule has 0 N–H and O–H groups in total. The molecule has 3 nitrogen and oxygen atoms in total. The van der Waals surface area contributed by atoms with E-state index >= 15 is 0 Å². The molecule has 0 spiro atoms. The number of hydrogen-bond donors (Lipinski definition) is 0. The number of ether oxygens (including phenoxy) is 1. The topological polar surface area (TPSA) is 18.1 Å². The van der Waals surface area contributed by atoms with Gasteiger partial charge in [-0.15, -0.1) is 0 Å². The minimum Gasteiger partial charge on any atom is -0.497 e. The Kier molecular flexibility index (Phi) is 12.3. The van der Waals surface area contributed by atoms with E-state index < -0.39 is 0 Å². The predicted molar refractivity (Wildman–Crippen MR) is 395 cm³/mol. The molecule has 0 aliphatic rings. The van der Waals surface area contributed by atoms with Crippen molar-refractivity contribution in [3.8, 4) is 50.3 Å². The number of fused-ring (bicyclic) bond motifs is 16. The third-order valence-corrected chi connectivity index (χ3v) is 21.1. The Morgan fingerprint density at radius 3 is 0.913 bits per heavy atom. The van der Waals surface area contributed by atoms with Crippen LogP contribution in [-0.2, 0) is 0 Å². The van der Waals surface area contributed by atoms with E-state index in [9.17, 15) is 0 Å². The maximum atomic E-state index is 5.59. The lowest BCUT2D eigenvalue weighted by Crippen LogP contribution is -1.99. The number of aromatic nitrogens is 2. The fraction of sp³-hybridized carbons (Fsp3) is 0.146. The van der Waals surface area contributed by atoms with Crippen LogP contribution < -0.4 is 4.74 Å². The molecule has 3 heteroatoms. The van der Waals surface area contributed by atoms with E-state index in [0.29, 0.717) is 23.7 Å². The highest BCUT2D eigenvalue weighted by atomic mass is 16.5. The fourth-order valence-corrected chi connectivity index (χ4v) is 15.8. The first-order valence-electron chi connectivity index (χ1n) is 33.1. The highest BCUT2D eigenvalue weighted by Gasteiger charge is 2.24. The zero-order valence-corrected chi connectivity index (χ0v) is 53.2. The predicted octanol–water partition coefficient (Wildman–Crippen LogP) is 25.2. The first-order chi connectivity index (χ1) is 44.9. The van der Waals surface area contributed by atoms with E-state index in [1.165, 1.54) is 186 Å². The number of nitrogens with zero attached hydrogens (tertiary/aromatic N) is 2. The third-order valence-electron chi connectivity index (χ3n) is 21.1. The normalized spacial score (nSPS) is 13.1. The van der Waals surface area contributed by atoms with Gasteiger partial charge in [-0.1, -0.05) is 187 Å². The Hall–Kier alpha value is -10.5. The van der Waals surface area contributed by atoms with Gasteiger partial charge in [-0.25, -0.2) is 0 Å². The summed E-state index contributed by atoms with van der Waals surface area (Å²) in [4.78, 5) is 0. The second-order valence-electron chi connectivity index (χ2n) is 27.4. The quantitative estimate of drug-likeness (QED) is 0.119. The molecule has 92 heavy (non-hydrogen) atoms. The monoisotopic (exact) mass is 1180 g/mol. The van der Waals surface area contributed by atoms with E-state index in [1.807, 2.05) is 0 Å². The maximum absolute atomic E-state index is 5.59.